The number of halogens is 2. The minimum Gasteiger partial charge on any atom is -0.496 e. The fourth-order valence-corrected chi connectivity index (χ4v) is 3.01. The van der Waals surface area contributed by atoms with E-state index in [1.54, 1.807) is 7.11 Å². The summed E-state index contributed by atoms with van der Waals surface area (Å²) in [6.07, 6.45) is 0. The molecule has 0 saturated heterocycles. The monoisotopic (exact) mass is 397 g/mol. The van der Waals surface area contributed by atoms with Gasteiger partial charge in [0, 0.05) is 14.5 Å². The molecule has 0 aliphatic carbocycles. The number of methoxy groups -OCH3 is 1. The van der Waals surface area contributed by atoms with Crippen LogP contribution in [0.15, 0.2) is 39.3 Å². The van der Waals surface area contributed by atoms with E-state index < -0.39 is 0 Å². The van der Waals surface area contributed by atoms with E-state index in [2.05, 4.69) is 50.9 Å². The fourth-order valence-electron chi connectivity index (χ4n) is 2.16. The summed E-state index contributed by atoms with van der Waals surface area (Å²) in [5.74, 6) is 0.812. The molecule has 2 nitrogen and oxygen atoms in total. The fraction of sp³-hybridized carbons (Fsp3) is 0.250. The average Bonchev–Trinajstić information content (AvgIpc) is 2.43. The van der Waals surface area contributed by atoms with Gasteiger partial charge < -0.3 is 10.5 Å². The van der Waals surface area contributed by atoms with E-state index in [0.29, 0.717) is 0 Å². The maximum absolute atomic E-state index is 6.45. The molecule has 1 atom stereocenters. The molecule has 106 valence electrons. The van der Waals surface area contributed by atoms with Crippen LogP contribution in [-0.2, 0) is 0 Å². The van der Waals surface area contributed by atoms with Crippen LogP contribution < -0.4 is 10.5 Å². The van der Waals surface area contributed by atoms with Crippen molar-refractivity contribution in [3.8, 4) is 5.75 Å². The molecule has 1 unspecified atom stereocenters. The highest BCUT2D eigenvalue weighted by Gasteiger charge is 2.18. The van der Waals surface area contributed by atoms with Crippen molar-refractivity contribution in [1.29, 1.82) is 0 Å². The maximum atomic E-state index is 6.45. The third-order valence-electron chi connectivity index (χ3n) is 3.33. The van der Waals surface area contributed by atoms with Crippen LogP contribution in [0.2, 0.25) is 0 Å². The lowest BCUT2D eigenvalue weighted by Crippen LogP contribution is -2.14. The topological polar surface area (TPSA) is 35.2 Å². The summed E-state index contributed by atoms with van der Waals surface area (Å²) < 4.78 is 7.52. The van der Waals surface area contributed by atoms with Crippen LogP contribution >= 0.6 is 31.9 Å². The molecule has 0 saturated carbocycles. The van der Waals surface area contributed by atoms with Crippen molar-refractivity contribution in [2.75, 3.05) is 7.11 Å². The predicted octanol–water partition coefficient (Wildman–Crippen LogP) is 4.89. The summed E-state index contributed by atoms with van der Waals surface area (Å²) >= 11 is 7.14. The number of rotatable bonds is 3. The molecule has 4 heteroatoms. The molecule has 0 aliphatic heterocycles. The first-order valence-electron chi connectivity index (χ1n) is 6.29. The van der Waals surface area contributed by atoms with Crippen molar-refractivity contribution in [3.63, 3.8) is 0 Å². The smallest absolute Gasteiger partial charge is 0.124 e. The van der Waals surface area contributed by atoms with Crippen molar-refractivity contribution < 1.29 is 4.74 Å². The highest BCUT2D eigenvalue weighted by molar-refractivity contribution is 9.10. The summed E-state index contributed by atoms with van der Waals surface area (Å²) in [6.45, 7) is 4.09. The highest BCUT2D eigenvalue weighted by Crippen LogP contribution is 2.35. The van der Waals surface area contributed by atoms with Crippen LogP contribution in [-0.4, -0.2) is 7.11 Å². The molecular weight excluding hydrogens is 382 g/mol. The lowest BCUT2D eigenvalue weighted by Gasteiger charge is -2.19. The first-order valence-corrected chi connectivity index (χ1v) is 7.88. The van der Waals surface area contributed by atoms with Crippen LogP contribution in [0.5, 0.6) is 5.75 Å². The number of hydrogen-bond acceptors (Lipinski definition) is 2. The lowest BCUT2D eigenvalue weighted by atomic mass is 9.96. The normalized spacial score (nSPS) is 12.3. The van der Waals surface area contributed by atoms with Crippen LogP contribution in [0.3, 0.4) is 0 Å². The first kappa shape index (κ1) is 15.5. The van der Waals surface area contributed by atoms with Gasteiger partial charge in [-0.3, -0.25) is 0 Å². The van der Waals surface area contributed by atoms with Gasteiger partial charge in [0.05, 0.1) is 13.2 Å². The van der Waals surface area contributed by atoms with E-state index in [9.17, 15) is 0 Å². The van der Waals surface area contributed by atoms with Gasteiger partial charge in [-0.05, 0) is 43.2 Å². The third kappa shape index (κ3) is 3.08. The molecule has 2 aromatic rings. The van der Waals surface area contributed by atoms with Gasteiger partial charge in [-0.25, -0.2) is 0 Å². The zero-order chi connectivity index (χ0) is 14.9. The Morgan fingerprint density at radius 1 is 1.00 bits per heavy atom. The van der Waals surface area contributed by atoms with Crippen LogP contribution in [0.1, 0.15) is 28.3 Å². The molecule has 0 spiro atoms. The Hall–Kier alpha value is -0.840. The van der Waals surface area contributed by atoms with Crippen molar-refractivity contribution in [3.05, 3.63) is 61.5 Å². The number of nitrogens with two attached hydrogens (primary N) is 1. The van der Waals surface area contributed by atoms with E-state index in [-0.39, 0.29) is 6.04 Å². The largest absolute Gasteiger partial charge is 0.496 e. The Balaban J connectivity index is 2.55. The summed E-state index contributed by atoms with van der Waals surface area (Å²) in [4.78, 5) is 0. The van der Waals surface area contributed by atoms with Crippen LogP contribution in [0, 0.1) is 13.8 Å². The molecule has 2 aromatic carbocycles. The first-order chi connectivity index (χ1) is 9.43. The molecule has 0 amide bonds. The summed E-state index contributed by atoms with van der Waals surface area (Å²) in [6, 6.07) is 9.98. The second kappa shape index (κ2) is 6.29. The van der Waals surface area contributed by atoms with Gasteiger partial charge in [-0.2, -0.15) is 0 Å². The van der Waals surface area contributed by atoms with E-state index in [0.717, 1.165) is 31.4 Å². The lowest BCUT2D eigenvalue weighted by molar-refractivity contribution is 0.407. The SMILES string of the molecule is COc1cc(C)c(Br)cc1C(N)c1cc(C)ccc1Br. The molecule has 0 aliphatic rings. The quantitative estimate of drug-likeness (QED) is 0.799. The summed E-state index contributed by atoms with van der Waals surface area (Å²) in [5, 5.41) is 0. The molecule has 0 radical (unpaired) electrons. The Bertz CT molecular complexity index is 641. The third-order valence-corrected chi connectivity index (χ3v) is 4.91. The zero-order valence-corrected chi connectivity index (χ0v) is 14.9. The number of benzene rings is 2. The van der Waals surface area contributed by atoms with Crippen molar-refractivity contribution in [2.45, 2.75) is 19.9 Å². The summed E-state index contributed by atoms with van der Waals surface area (Å²) in [7, 11) is 1.67. The molecular formula is C16H17Br2NO. The Labute approximate surface area is 136 Å². The second-order valence-corrected chi connectivity index (χ2v) is 6.55. The zero-order valence-electron chi connectivity index (χ0n) is 11.7. The molecule has 0 aromatic heterocycles. The number of hydrogen-bond donors (Lipinski definition) is 1. The second-order valence-electron chi connectivity index (χ2n) is 4.85. The van der Waals surface area contributed by atoms with E-state index in [4.69, 9.17) is 10.5 Å². The van der Waals surface area contributed by atoms with E-state index >= 15 is 0 Å². The van der Waals surface area contributed by atoms with E-state index in [1.807, 2.05) is 25.1 Å². The van der Waals surface area contributed by atoms with Gasteiger partial charge in [-0.15, -0.1) is 0 Å². The van der Waals surface area contributed by atoms with E-state index in [1.165, 1.54) is 5.56 Å². The average molecular weight is 399 g/mol. The minimum atomic E-state index is -0.240. The van der Waals surface area contributed by atoms with Gasteiger partial charge in [0.15, 0.2) is 0 Å². The van der Waals surface area contributed by atoms with Crippen molar-refractivity contribution >= 4 is 31.9 Å². The van der Waals surface area contributed by atoms with Crippen LogP contribution in [0.25, 0.3) is 0 Å². The standard InChI is InChI=1S/C16H17Br2NO/c1-9-4-5-13(17)11(6-9)16(19)12-8-14(18)10(2)7-15(12)20-3/h4-8,16H,19H2,1-3H3. The van der Waals surface area contributed by atoms with Crippen molar-refractivity contribution in [2.24, 2.45) is 5.73 Å². The number of ether oxygens (including phenoxy) is 1. The van der Waals surface area contributed by atoms with Gasteiger partial charge in [-0.1, -0.05) is 49.6 Å². The Morgan fingerprint density at radius 2 is 1.70 bits per heavy atom. The van der Waals surface area contributed by atoms with Crippen LogP contribution in [0.4, 0.5) is 0 Å². The predicted molar refractivity (Wildman–Crippen MR) is 90.3 cm³/mol. The van der Waals surface area contributed by atoms with Gasteiger partial charge in [0.1, 0.15) is 5.75 Å². The molecule has 0 fully saturated rings. The Kier molecular flexibility index (Phi) is 4.89. The molecule has 0 bridgehead atoms. The van der Waals surface area contributed by atoms with Crippen molar-refractivity contribution in [1.82, 2.24) is 0 Å². The molecule has 2 N–H and O–H groups in total. The maximum Gasteiger partial charge on any atom is 0.124 e. The van der Waals surface area contributed by atoms with Gasteiger partial charge in [0.2, 0.25) is 0 Å². The molecule has 20 heavy (non-hydrogen) atoms. The minimum absolute atomic E-state index is 0.240. The number of aryl methyl sites for hydroxylation is 2. The summed E-state index contributed by atoms with van der Waals surface area (Å²) in [5.41, 5.74) is 10.8. The molecule has 0 heterocycles. The Morgan fingerprint density at radius 3 is 2.35 bits per heavy atom. The van der Waals surface area contributed by atoms with Gasteiger partial charge in [0.25, 0.3) is 0 Å². The highest BCUT2D eigenvalue weighted by atomic mass is 79.9. The molecule has 2 rings (SSSR count). The van der Waals surface area contributed by atoms with Gasteiger partial charge >= 0.3 is 0 Å².